The van der Waals surface area contributed by atoms with Gasteiger partial charge in [-0.3, -0.25) is 4.79 Å². The van der Waals surface area contributed by atoms with Crippen LogP contribution >= 0.6 is 0 Å². The van der Waals surface area contributed by atoms with E-state index in [1.807, 2.05) is 13.0 Å². The van der Waals surface area contributed by atoms with E-state index in [9.17, 15) is 4.79 Å². The number of hydrogen-bond acceptors (Lipinski definition) is 6. The second kappa shape index (κ2) is 6.31. The van der Waals surface area contributed by atoms with Crippen molar-refractivity contribution >= 4 is 17.6 Å². The number of carbonyl (C=O) groups is 1. The van der Waals surface area contributed by atoms with Crippen LogP contribution in [-0.2, 0) is 9.53 Å². The molecule has 0 aliphatic carbocycles. The minimum Gasteiger partial charge on any atom is -0.469 e. The van der Waals surface area contributed by atoms with Crippen LogP contribution in [0.5, 0.6) is 0 Å². The molecule has 0 aliphatic heterocycles. The summed E-state index contributed by atoms with van der Waals surface area (Å²) in [6.07, 6.45) is 3.62. The summed E-state index contributed by atoms with van der Waals surface area (Å²) < 4.78 is 6.37. The van der Waals surface area contributed by atoms with Crippen LogP contribution in [0.2, 0.25) is 0 Å². The Bertz CT molecular complexity index is 595. The predicted octanol–water partition coefficient (Wildman–Crippen LogP) is 1.58. The van der Waals surface area contributed by atoms with Crippen molar-refractivity contribution in [2.45, 2.75) is 39.2 Å². The highest BCUT2D eigenvalue weighted by atomic mass is 16.5. The summed E-state index contributed by atoms with van der Waals surface area (Å²) in [6.45, 7) is 3.98. The number of methoxy groups -OCH3 is 1. The number of fused-ring (bicyclic) bond motifs is 1. The average molecular weight is 277 g/mol. The molecule has 0 bridgehead atoms. The van der Waals surface area contributed by atoms with Crippen LogP contribution in [0.3, 0.4) is 0 Å². The van der Waals surface area contributed by atoms with Gasteiger partial charge in [-0.25, -0.2) is 4.98 Å². The molecule has 20 heavy (non-hydrogen) atoms. The van der Waals surface area contributed by atoms with Crippen molar-refractivity contribution in [3.8, 4) is 0 Å². The van der Waals surface area contributed by atoms with Crippen LogP contribution in [-0.4, -0.2) is 38.7 Å². The highest BCUT2D eigenvalue weighted by Crippen LogP contribution is 2.15. The van der Waals surface area contributed by atoms with Crippen LogP contribution in [0.25, 0.3) is 5.78 Å². The predicted molar refractivity (Wildman–Crippen MR) is 74.5 cm³/mol. The SMILES string of the molecule is CCCC(CC(=O)OC)Nc1cc(C)nc2ncnn12. The summed E-state index contributed by atoms with van der Waals surface area (Å²) >= 11 is 0. The van der Waals surface area contributed by atoms with E-state index in [0.717, 1.165) is 24.4 Å². The Morgan fingerprint density at radius 3 is 3.05 bits per heavy atom. The molecule has 7 heteroatoms. The summed E-state index contributed by atoms with van der Waals surface area (Å²) in [5.41, 5.74) is 0.848. The van der Waals surface area contributed by atoms with Gasteiger partial charge in [0.1, 0.15) is 12.1 Å². The van der Waals surface area contributed by atoms with Crippen LogP contribution < -0.4 is 5.32 Å². The molecule has 0 aromatic carbocycles. The molecule has 0 radical (unpaired) electrons. The quantitative estimate of drug-likeness (QED) is 0.807. The van der Waals surface area contributed by atoms with Gasteiger partial charge in [0.25, 0.3) is 5.78 Å². The molecule has 0 saturated carbocycles. The fraction of sp³-hybridized carbons (Fsp3) is 0.538. The first-order valence-electron chi connectivity index (χ1n) is 6.64. The molecule has 2 aromatic rings. The van der Waals surface area contributed by atoms with Crippen molar-refractivity contribution in [1.29, 1.82) is 0 Å². The number of ether oxygens (including phenoxy) is 1. The maximum absolute atomic E-state index is 11.5. The highest BCUT2D eigenvalue weighted by molar-refractivity contribution is 5.70. The van der Waals surface area contributed by atoms with Crippen molar-refractivity contribution in [2.75, 3.05) is 12.4 Å². The fourth-order valence-corrected chi connectivity index (χ4v) is 2.10. The number of anilines is 1. The lowest BCUT2D eigenvalue weighted by atomic mass is 10.1. The average Bonchev–Trinajstić information content (AvgIpc) is 2.86. The molecule has 2 rings (SSSR count). The Kier molecular flexibility index (Phi) is 4.49. The number of aromatic nitrogens is 4. The van der Waals surface area contributed by atoms with Gasteiger partial charge in [-0.2, -0.15) is 14.6 Å². The van der Waals surface area contributed by atoms with E-state index in [0.29, 0.717) is 12.2 Å². The van der Waals surface area contributed by atoms with Crippen LogP contribution in [0, 0.1) is 6.92 Å². The van der Waals surface area contributed by atoms with Crippen LogP contribution in [0.4, 0.5) is 5.82 Å². The Labute approximate surface area is 117 Å². The number of aryl methyl sites for hydroxylation is 1. The lowest BCUT2D eigenvalue weighted by Crippen LogP contribution is -2.25. The van der Waals surface area contributed by atoms with Gasteiger partial charge in [0.15, 0.2) is 0 Å². The molecule has 108 valence electrons. The van der Waals surface area contributed by atoms with E-state index < -0.39 is 0 Å². The highest BCUT2D eigenvalue weighted by Gasteiger charge is 2.15. The molecule has 1 N–H and O–H groups in total. The maximum Gasteiger partial charge on any atom is 0.307 e. The van der Waals surface area contributed by atoms with Gasteiger partial charge in [0, 0.05) is 17.8 Å². The molecule has 0 spiro atoms. The Morgan fingerprint density at radius 1 is 1.55 bits per heavy atom. The van der Waals surface area contributed by atoms with E-state index in [-0.39, 0.29) is 12.0 Å². The number of hydrogen-bond donors (Lipinski definition) is 1. The zero-order valence-electron chi connectivity index (χ0n) is 12.0. The van der Waals surface area contributed by atoms with E-state index in [2.05, 4.69) is 27.3 Å². The molecule has 0 amide bonds. The Morgan fingerprint density at radius 2 is 2.35 bits per heavy atom. The van der Waals surface area contributed by atoms with Crippen molar-refractivity contribution in [2.24, 2.45) is 0 Å². The van der Waals surface area contributed by atoms with Crippen molar-refractivity contribution in [1.82, 2.24) is 19.6 Å². The summed E-state index contributed by atoms with van der Waals surface area (Å²) in [6, 6.07) is 1.89. The maximum atomic E-state index is 11.5. The molecule has 2 aromatic heterocycles. The van der Waals surface area contributed by atoms with E-state index in [1.54, 1.807) is 4.52 Å². The third-order valence-electron chi connectivity index (χ3n) is 3.01. The largest absolute Gasteiger partial charge is 0.469 e. The third-order valence-corrected chi connectivity index (χ3v) is 3.01. The van der Waals surface area contributed by atoms with Gasteiger partial charge in [-0.05, 0) is 13.3 Å². The minimum atomic E-state index is -0.225. The topological polar surface area (TPSA) is 81.4 Å². The zero-order chi connectivity index (χ0) is 14.5. The van der Waals surface area contributed by atoms with Crippen molar-refractivity contribution in [3.05, 3.63) is 18.1 Å². The molecule has 1 atom stereocenters. The number of nitrogens with one attached hydrogen (secondary N) is 1. The van der Waals surface area contributed by atoms with Gasteiger partial charge >= 0.3 is 5.97 Å². The second-order valence-corrected chi connectivity index (χ2v) is 4.66. The Balaban J connectivity index is 2.23. The lowest BCUT2D eigenvalue weighted by molar-refractivity contribution is -0.140. The minimum absolute atomic E-state index is 0.00153. The van der Waals surface area contributed by atoms with E-state index in [1.165, 1.54) is 13.4 Å². The normalized spacial score (nSPS) is 12.3. The molecular weight excluding hydrogens is 258 g/mol. The molecular formula is C13H19N5O2. The van der Waals surface area contributed by atoms with Gasteiger partial charge in [0.05, 0.1) is 13.5 Å². The van der Waals surface area contributed by atoms with Crippen molar-refractivity contribution < 1.29 is 9.53 Å². The van der Waals surface area contributed by atoms with Crippen LogP contribution in [0.15, 0.2) is 12.4 Å². The monoisotopic (exact) mass is 277 g/mol. The van der Waals surface area contributed by atoms with Crippen molar-refractivity contribution in [3.63, 3.8) is 0 Å². The number of carbonyl (C=O) groups excluding carboxylic acids is 1. The van der Waals surface area contributed by atoms with E-state index in [4.69, 9.17) is 4.74 Å². The second-order valence-electron chi connectivity index (χ2n) is 4.66. The van der Waals surface area contributed by atoms with Gasteiger partial charge in [-0.1, -0.05) is 13.3 Å². The molecule has 1 unspecified atom stereocenters. The molecule has 0 fully saturated rings. The summed E-state index contributed by atoms with van der Waals surface area (Å²) in [5, 5.41) is 7.47. The first-order valence-corrected chi connectivity index (χ1v) is 6.64. The molecule has 0 saturated heterocycles. The van der Waals surface area contributed by atoms with Gasteiger partial charge in [0.2, 0.25) is 0 Å². The molecule has 2 heterocycles. The van der Waals surface area contributed by atoms with E-state index >= 15 is 0 Å². The van der Waals surface area contributed by atoms with Gasteiger partial charge in [-0.15, -0.1) is 0 Å². The number of rotatable bonds is 6. The summed E-state index contributed by atoms with van der Waals surface area (Å²) in [7, 11) is 1.40. The zero-order valence-corrected chi connectivity index (χ0v) is 12.0. The summed E-state index contributed by atoms with van der Waals surface area (Å²) in [5.74, 6) is 1.10. The lowest BCUT2D eigenvalue weighted by Gasteiger charge is -2.18. The number of nitrogens with zero attached hydrogens (tertiary/aromatic N) is 4. The summed E-state index contributed by atoms with van der Waals surface area (Å²) in [4.78, 5) is 19.8. The van der Waals surface area contributed by atoms with Gasteiger partial charge < -0.3 is 10.1 Å². The Hall–Kier alpha value is -2.18. The first kappa shape index (κ1) is 14.2. The molecule has 0 aliphatic rings. The third kappa shape index (κ3) is 3.23. The first-order chi connectivity index (χ1) is 9.63. The molecule has 7 nitrogen and oxygen atoms in total. The number of esters is 1. The fourth-order valence-electron chi connectivity index (χ4n) is 2.10. The smallest absolute Gasteiger partial charge is 0.307 e. The standard InChI is InChI=1S/C13H19N5O2/c1-4-5-10(7-12(19)20-3)17-11-6-9(2)16-13-14-8-15-18(11)13/h6,8,10,17H,4-5,7H2,1-3H3. The van der Waals surface area contributed by atoms with Crippen LogP contribution in [0.1, 0.15) is 31.9 Å².